The Bertz CT molecular complexity index is 185. The number of hydrogen-bond acceptors (Lipinski definition) is 0. The van der Waals surface area contributed by atoms with Gasteiger partial charge in [0.25, 0.3) is 0 Å². The summed E-state index contributed by atoms with van der Waals surface area (Å²) in [5, 5.41) is 0. The number of halogens is 4. The first-order chi connectivity index (χ1) is 6.32. The smallest absolute Gasteiger partial charge is 0.247 e. The lowest BCUT2D eigenvalue weighted by molar-refractivity contribution is -0.203. The molecule has 1 aliphatic carbocycles. The van der Waals surface area contributed by atoms with Gasteiger partial charge < -0.3 is 0 Å². The first kappa shape index (κ1) is 11.8. The lowest BCUT2D eigenvalue weighted by Gasteiger charge is -2.35. The van der Waals surface area contributed by atoms with Crippen LogP contribution in [0.4, 0.5) is 17.6 Å². The molecule has 0 aromatic heterocycles. The summed E-state index contributed by atoms with van der Waals surface area (Å²) in [7, 11) is 0. The average Bonchev–Trinajstić information content (AvgIpc) is 2.02. The molecule has 0 aliphatic heterocycles. The Morgan fingerprint density at radius 3 is 2.14 bits per heavy atom. The maximum Gasteiger partial charge on any atom is 0.394 e. The molecule has 4 heteroatoms. The van der Waals surface area contributed by atoms with Crippen molar-refractivity contribution in [3.8, 4) is 0 Å². The summed E-state index contributed by atoms with van der Waals surface area (Å²) in [6, 6.07) is 0. The minimum absolute atomic E-state index is 0.0219. The zero-order chi connectivity index (χ0) is 10.9. The Hall–Kier alpha value is -0.280. The van der Waals surface area contributed by atoms with Crippen LogP contribution in [0.1, 0.15) is 33.1 Å². The SMILES string of the molecule is CC(C)C1CCC(F)C(C(F)(F)F)C1. The standard InChI is InChI=1S/C10H16F4/c1-6(2)7-3-4-9(11)8(5-7)10(12,13)14/h6-9H,3-5H2,1-2H3. The molecular formula is C10H16F4. The first-order valence-electron chi connectivity index (χ1n) is 5.03. The van der Waals surface area contributed by atoms with Gasteiger partial charge in [0, 0.05) is 0 Å². The van der Waals surface area contributed by atoms with Crippen LogP contribution in [0.2, 0.25) is 0 Å². The molecule has 0 saturated heterocycles. The Morgan fingerprint density at radius 1 is 1.14 bits per heavy atom. The molecule has 0 aromatic carbocycles. The molecule has 1 fully saturated rings. The van der Waals surface area contributed by atoms with Crippen molar-refractivity contribution in [2.45, 2.75) is 45.5 Å². The van der Waals surface area contributed by atoms with E-state index in [1.54, 1.807) is 0 Å². The van der Waals surface area contributed by atoms with Crippen LogP contribution in [0.15, 0.2) is 0 Å². The van der Waals surface area contributed by atoms with E-state index in [1.165, 1.54) is 0 Å². The van der Waals surface area contributed by atoms with E-state index in [0.29, 0.717) is 6.42 Å². The van der Waals surface area contributed by atoms with E-state index in [0.717, 1.165) is 0 Å². The number of rotatable bonds is 1. The van der Waals surface area contributed by atoms with Crippen LogP contribution in [0, 0.1) is 17.8 Å². The fourth-order valence-electron chi connectivity index (χ4n) is 2.11. The fraction of sp³-hybridized carbons (Fsp3) is 1.00. The molecule has 0 radical (unpaired) electrons. The van der Waals surface area contributed by atoms with Gasteiger partial charge in [-0.2, -0.15) is 13.2 Å². The molecule has 0 bridgehead atoms. The molecule has 0 aromatic rings. The molecule has 0 heterocycles. The van der Waals surface area contributed by atoms with Crippen molar-refractivity contribution in [2.75, 3.05) is 0 Å². The fourth-order valence-corrected chi connectivity index (χ4v) is 2.11. The average molecular weight is 212 g/mol. The molecule has 1 saturated carbocycles. The van der Waals surface area contributed by atoms with E-state index in [1.807, 2.05) is 13.8 Å². The molecule has 14 heavy (non-hydrogen) atoms. The van der Waals surface area contributed by atoms with Crippen LogP contribution in [0.3, 0.4) is 0 Å². The van der Waals surface area contributed by atoms with Crippen molar-refractivity contribution in [1.29, 1.82) is 0 Å². The van der Waals surface area contributed by atoms with E-state index in [4.69, 9.17) is 0 Å². The van der Waals surface area contributed by atoms with Crippen molar-refractivity contribution in [2.24, 2.45) is 17.8 Å². The van der Waals surface area contributed by atoms with Crippen LogP contribution >= 0.6 is 0 Å². The summed E-state index contributed by atoms with van der Waals surface area (Å²) in [6.07, 6.45) is -5.45. The van der Waals surface area contributed by atoms with Crippen LogP contribution < -0.4 is 0 Å². The third-order valence-electron chi connectivity index (χ3n) is 3.17. The van der Waals surface area contributed by atoms with Crippen LogP contribution in [-0.2, 0) is 0 Å². The van der Waals surface area contributed by atoms with Gasteiger partial charge in [0.2, 0.25) is 0 Å². The predicted octanol–water partition coefficient (Wildman–Crippen LogP) is 3.96. The lowest BCUT2D eigenvalue weighted by Crippen LogP contribution is -2.38. The molecule has 0 nitrogen and oxygen atoms in total. The molecule has 0 N–H and O–H groups in total. The molecule has 0 spiro atoms. The van der Waals surface area contributed by atoms with E-state index in [9.17, 15) is 17.6 Å². The van der Waals surface area contributed by atoms with Crippen molar-refractivity contribution in [3.63, 3.8) is 0 Å². The Morgan fingerprint density at radius 2 is 1.71 bits per heavy atom. The molecule has 1 rings (SSSR count). The second kappa shape index (κ2) is 4.07. The maximum absolute atomic E-state index is 13.1. The van der Waals surface area contributed by atoms with E-state index in [-0.39, 0.29) is 24.7 Å². The zero-order valence-electron chi connectivity index (χ0n) is 8.44. The Kier molecular flexibility index (Phi) is 3.43. The molecule has 3 atom stereocenters. The van der Waals surface area contributed by atoms with Crippen molar-refractivity contribution in [1.82, 2.24) is 0 Å². The van der Waals surface area contributed by atoms with Gasteiger partial charge in [-0.1, -0.05) is 13.8 Å². The summed E-state index contributed by atoms with van der Waals surface area (Å²) in [6.45, 7) is 3.80. The highest BCUT2D eigenvalue weighted by Gasteiger charge is 2.48. The Labute approximate surface area is 81.7 Å². The molecule has 84 valence electrons. The highest BCUT2D eigenvalue weighted by molar-refractivity contribution is 4.85. The molecule has 3 unspecified atom stereocenters. The summed E-state index contributed by atoms with van der Waals surface area (Å²) < 4.78 is 50.2. The molecule has 1 aliphatic rings. The molecular weight excluding hydrogens is 196 g/mol. The highest BCUT2D eigenvalue weighted by atomic mass is 19.4. The van der Waals surface area contributed by atoms with Crippen molar-refractivity contribution in [3.05, 3.63) is 0 Å². The van der Waals surface area contributed by atoms with Gasteiger partial charge in [-0.15, -0.1) is 0 Å². The van der Waals surface area contributed by atoms with E-state index < -0.39 is 18.3 Å². The van der Waals surface area contributed by atoms with Gasteiger partial charge in [-0.3, -0.25) is 0 Å². The van der Waals surface area contributed by atoms with Crippen LogP contribution in [0.5, 0.6) is 0 Å². The third-order valence-corrected chi connectivity index (χ3v) is 3.17. The zero-order valence-corrected chi connectivity index (χ0v) is 8.44. The largest absolute Gasteiger partial charge is 0.394 e. The van der Waals surface area contributed by atoms with E-state index >= 15 is 0 Å². The number of hydrogen-bond donors (Lipinski definition) is 0. The second-order valence-electron chi connectivity index (χ2n) is 4.48. The molecule has 0 amide bonds. The lowest BCUT2D eigenvalue weighted by atomic mass is 9.75. The third kappa shape index (κ3) is 2.61. The normalized spacial score (nSPS) is 34.9. The minimum atomic E-state index is -4.37. The van der Waals surface area contributed by atoms with Gasteiger partial charge in [-0.05, 0) is 31.1 Å². The van der Waals surface area contributed by atoms with E-state index in [2.05, 4.69) is 0 Å². The van der Waals surface area contributed by atoms with Crippen molar-refractivity contribution >= 4 is 0 Å². The quantitative estimate of drug-likeness (QED) is 0.577. The van der Waals surface area contributed by atoms with Crippen molar-refractivity contribution < 1.29 is 17.6 Å². The van der Waals surface area contributed by atoms with Gasteiger partial charge in [-0.25, -0.2) is 4.39 Å². The first-order valence-corrected chi connectivity index (χ1v) is 5.03. The van der Waals surface area contributed by atoms with Crippen LogP contribution in [0.25, 0.3) is 0 Å². The van der Waals surface area contributed by atoms with Gasteiger partial charge >= 0.3 is 6.18 Å². The number of alkyl halides is 4. The van der Waals surface area contributed by atoms with Crippen LogP contribution in [-0.4, -0.2) is 12.3 Å². The summed E-state index contributed by atoms with van der Waals surface area (Å²) >= 11 is 0. The Balaban J connectivity index is 2.65. The van der Waals surface area contributed by atoms with Gasteiger partial charge in [0.1, 0.15) is 6.17 Å². The van der Waals surface area contributed by atoms with Gasteiger partial charge in [0.05, 0.1) is 5.92 Å². The topological polar surface area (TPSA) is 0 Å². The maximum atomic E-state index is 13.1. The summed E-state index contributed by atoms with van der Waals surface area (Å²) in [4.78, 5) is 0. The van der Waals surface area contributed by atoms with Gasteiger partial charge in [0.15, 0.2) is 0 Å². The second-order valence-corrected chi connectivity index (χ2v) is 4.48. The summed E-state index contributed by atoms with van der Waals surface area (Å²) in [5.74, 6) is -1.50. The monoisotopic (exact) mass is 212 g/mol. The summed E-state index contributed by atoms with van der Waals surface area (Å²) in [5.41, 5.74) is 0. The highest BCUT2D eigenvalue weighted by Crippen LogP contribution is 2.43. The predicted molar refractivity (Wildman–Crippen MR) is 46.6 cm³/mol. The minimum Gasteiger partial charge on any atom is -0.247 e.